The molecule has 2 aromatic rings. The molecule has 0 fully saturated rings. The number of benzene rings is 2. The van der Waals surface area contributed by atoms with E-state index in [-0.39, 0.29) is 18.4 Å². The van der Waals surface area contributed by atoms with Gasteiger partial charge in [0.05, 0.1) is 6.54 Å². The average Bonchev–Trinajstić information content (AvgIpc) is 2.53. The minimum atomic E-state index is -0.168. The predicted molar refractivity (Wildman–Crippen MR) is 83.4 cm³/mol. The van der Waals surface area contributed by atoms with Crippen LogP contribution in [-0.4, -0.2) is 25.4 Å². The maximum Gasteiger partial charge on any atom is 0.255 e. The number of carbonyl (C=O) groups excluding carboxylic acids is 2. The Bertz CT molecular complexity index is 626. The van der Waals surface area contributed by atoms with Gasteiger partial charge in [-0.15, -0.1) is 0 Å². The highest BCUT2D eigenvalue weighted by molar-refractivity contribution is 6.04. The van der Waals surface area contributed by atoms with Crippen molar-refractivity contribution in [2.75, 3.05) is 24.2 Å². The minimum Gasteiger partial charge on any atom is -0.376 e. The quantitative estimate of drug-likeness (QED) is 0.787. The zero-order valence-electron chi connectivity index (χ0n) is 11.7. The summed E-state index contributed by atoms with van der Waals surface area (Å²) in [5.74, 6) is -0.271. The van der Waals surface area contributed by atoms with E-state index in [0.717, 1.165) is 5.69 Å². The van der Waals surface area contributed by atoms with Crippen LogP contribution in [0.25, 0.3) is 0 Å². The molecular weight excluding hydrogens is 266 g/mol. The lowest BCUT2D eigenvalue weighted by Gasteiger charge is -2.09. The molecule has 0 aliphatic rings. The Morgan fingerprint density at radius 3 is 2.38 bits per heavy atom. The van der Waals surface area contributed by atoms with Crippen LogP contribution in [0.3, 0.4) is 0 Å². The van der Waals surface area contributed by atoms with E-state index < -0.39 is 0 Å². The number of amides is 2. The Labute approximate surface area is 123 Å². The molecule has 3 N–H and O–H groups in total. The molecule has 5 heteroatoms. The van der Waals surface area contributed by atoms with Crippen LogP contribution in [0.15, 0.2) is 54.6 Å². The van der Waals surface area contributed by atoms with Crippen molar-refractivity contribution in [3.8, 4) is 0 Å². The summed E-state index contributed by atoms with van der Waals surface area (Å²) in [5, 5.41) is 8.34. The molecule has 0 radical (unpaired) electrons. The number of likely N-dealkylation sites (N-methyl/N-ethyl adjacent to an activating group) is 1. The van der Waals surface area contributed by atoms with Crippen LogP contribution < -0.4 is 16.0 Å². The highest BCUT2D eigenvalue weighted by Crippen LogP contribution is 2.15. The SMILES string of the molecule is CNC(=O)CNc1cccc(NC(=O)c2ccccc2)c1. The molecule has 0 aromatic heterocycles. The molecule has 0 spiro atoms. The number of hydrogen-bond acceptors (Lipinski definition) is 3. The van der Waals surface area contributed by atoms with Gasteiger partial charge in [-0.1, -0.05) is 24.3 Å². The largest absolute Gasteiger partial charge is 0.376 e. The summed E-state index contributed by atoms with van der Waals surface area (Å²) >= 11 is 0. The smallest absolute Gasteiger partial charge is 0.255 e. The van der Waals surface area contributed by atoms with Gasteiger partial charge >= 0.3 is 0 Å². The summed E-state index contributed by atoms with van der Waals surface area (Å²) in [7, 11) is 1.58. The first kappa shape index (κ1) is 14.6. The van der Waals surface area contributed by atoms with Gasteiger partial charge < -0.3 is 16.0 Å². The second-order valence-electron chi connectivity index (χ2n) is 4.43. The van der Waals surface area contributed by atoms with Crippen LogP contribution >= 0.6 is 0 Å². The molecular formula is C16H17N3O2. The molecule has 21 heavy (non-hydrogen) atoms. The van der Waals surface area contributed by atoms with E-state index in [1.54, 1.807) is 31.3 Å². The third-order valence-corrected chi connectivity index (χ3v) is 2.89. The third-order valence-electron chi connectivity index (χ3n) is 2.89. The van der Waals surface area contributed by atoms with Gasteiger partial charge in [0.2, 0.25) is 5.91 Å². The van der Waals surface area contributed by atoms with Crippen molar-refractivity contribution in [2.24, 2.45) is 0 Å². The summed E-state index contributed by atoms with van der Waals surface area (Å²) in [6, 6.07) is 16.2. The fourth-order valence-corrected chi connectivity index (χ4v) is 1.77. The molecule has 0 saturated heterocycles. The van der Waals surface area contributed by atoms with Gasteiger partial charge in [-0.05, 0) is 30.3 Å². The Morgan fingerprint density at radius 1 is 0.952 bits per heavy atom. The molecule has 2 aromatic carbocycles. The maximum atomic E-state index is 12.0. The highest BCUT2D eigenvalue weighted by Gasteiger charge is 2.05. The van der Waals surface area contributed by atoms with Crippen molar-refractivity contribution < 1.29 is 9.59 Å². The molecule has 108 valence electrons. The Hall–Kier alpha value is -2.82. The van der Waals surface area contributed by atoms with E-state index in [1.165, 1.54) is 0 Å². The van der Waals surface area contributed by atoms with Crippen LogP contribution in [0.4, 0.5) is 11.4 Å². The van der Waals surface area contributed by atoms with E-state index in [2.05, 4.69) is 16.0 Å². The molecule has 0 heterocycles. The van der Waals surface area contributed by atoms with Gasteiger partial charge in [0.25, 0.3) is 5.91 Å². The number of anilines is 2. The Morgan fingerprint density at radius 2 is 1.67 bits per heavy atom. The molecule has 0 unspecified atom stereocenters. The fourth-order valence-electron chi connectivity index (χ4n) is 1.77. The Kier molecular flexibility index (Phi) is 4.93. The third kappa shape index (κ3) is 4.35. The minimum absolute atomic E-state index is 0.103. The molecule has 0 bridgehead atoms. The number of rotatable bonds is 5. The second kappa shape index (κ2) is 7.09. The van der Waals surface area contributed by atoms with Crippen molar-refractivity contribution in [3.63, 3.8) is 0 Å². The zero-order chi connectivity index (χ0) is 15.1. The first-order valence-electron chi connectivity index (χ1n) is 6.60. The van der Waals surface area contributed by atoms with Gasteiger partial charge in [-0.3, -0.25) is 9.59 Å². The lowest BCUT2D eigenvalue weighted by atomic mass is 10.2. The van der Waals surface area contributed by atoms with Crippen LogP contribution in [0.1, 0.15) is 10.4 Å². The lowest BCUT2D eigenvalue weighted by Crippen LogP contribution is -2.26. The number of carbonyl (C=O) groups is 2. The van der Waals surface area contributed by atoms with Crippen molar-refractivity contribution in [1.82, 2.24) is 5.32 Å². The summed E-state index contributed by atoms with van der Waals surface area (Å²) in [4.78, 5) is 23.2. The molecule has 5 nitrogen and oxygen atoms in total. The molecule has 0 aliphatic heterocycles. The van der Waals surface area contributed by atoms with Crippen LogP contribution in [-0.2, 0) is 4.79 Å². The lowest BCUT2D eigenvalue weighted by molar-refractivity contribution is -0.118. The summed E-state index contributed by atoms with van der Waals surface area (Å²) in [6.07, 6.45) is 0. The van der Waals surface area contributed by atoms with Crippen molar-refractivity contribution in [2.45, 2.75) is 0 Å². The summed E-state index contributed by atoms with van der Waals surface area (Å²) < 4.78 is 0. The number of nitrogens with one attached hydrogen (secondary N) is 3. The van der Waals surface area contributed by atoms with Crippen molar-refractivity contribution >= 4 is 23.2 Å². The first-order valence-corrected chi connectivity index (χ1v) is 6.60. The first-order chi connectivity index (χ1) is 10.2. The van der Waals surface area contributed by atoms with Gasteiger partial charge in [-0.2, -0.15) is 0 Å². The fraction of sp³-hybridized carbons (Fsp3) is 0.125. The van der Waals surface area contributed by atoms with Crippen LogP contribution in [0, 0.1) is 0 Å². The second-order valence-corrected chi connectivity index (χ2v) is 4.43. The maximum absolute atomic E-state index is 12.0. The number of hydrogen-bond donors (Lipinski definition) is 3. The standard InChI is InChI=1S/C16H17N3O2/c1-17-15(20)11-18-13-8-5-9-14(10-13)19-16(21)12-6-3-2-4-7-12/h2-10,18H,11H2,1H3,(H,17,20)(H,19,21). The summed E-state index contributed by atoms with van der Waals surface area (Å²) in [6.45, 7) is 0.187. The molecule has 0 aliphatic carbocycles. The molecule has 2 rings (SSSR count). The van der Waals surface area contributed by atoms with E-state index in [4.69, 9.17) is 0 Å². The monoisotopic (exact) mass is 283 g/mol. The topological polar surface area (TPSA) is 70.2 Å². The van der Waals surface area contributed by atoms with Gasteiger partial charge in [0.15, 0.2) is 0 Å². The molecule has 0 atom stereocenters. The predicted octanol–water partition coefficient (Wildman–Crippen LogP) is 2.10. The van der Waals surface area contributed by atoms with Crippen molar-refractivity contribution in [1.29, 1.82) is 0 Å². The zero-order valence-corrected chi connectivity index (χ0v) is 11.7. The van der Waals surface area contributed by atoms with Crippen LogP contribution in [0.5, 0.6) is 0 Å². The van der Waals surface area contributed by atoms with Crippen LogP contribution in [0.2, 0.25) is 0 Å². The van der Waals surface area contributed by atoms with E-state index >= 15 is 0 Å². The summed E-state index contributed by atoms with van der Waals surface area (Å²) in [5.41, 5.74) is 2.04. The van der Waals surface area contributed by atoms with E-state index in [1.807, 2.05) is 30.3 Å². The van der Waals surface area contributed by atoms with Crippen molar-refractivity contribution in [3.05, 3.63) is 60.2 Å². The highest BCUT2D eigenvalue weighted by atomic mass is 16.2. The Balaban J connectivity index is 2.01. The molecule has 2 amide bonds. The normalized spacial score (nSPS) is 9.76. The van der Waals surface area contributed by atoms with E-state index in [0.29, 0.717) is 11.3 Å². The van der Waals surface area contributed by atoms with E-state index in [9.17, 15) is 9.59 Å². The average molecular weight is 283 g/mol. The van der Waals surface area contributed by atoms with Gasteiger partial charge in [0.1, 0.15) is 0 Å². The molecule has 0 saturated carbocycles. The van der Waals surface area contributed by atoms with Gasteiger partial charge in [0, 0.05) is 24.0 Å². The van der Waals surface area contributed by atoms with Gasteiger partial charge in [-0.25, -0.2) is 0 Å².